The van der Waals surface area contributed by atoms with Crippen LogP contribution in [0.4, 0.5) is 0 Å². The van der Waals surface area contributed by atoms with Gasteiger partial charge in [-0.2, -0.15) is 0 Å². The molecule has 0 spiro atoms. The molecular weight excluding hydrogens is 250 g/mol. The van der Waals surface area contributed by atoms with Crippen LogP contribution in [-0.4, -0.2) is 31.9 Å². The van der Waals surface area contributed by atoms with E-state index in [1.54, 1.807) is 7.11 Å². The van der Waals surface area contributed by atoms with Crippen LogP contribution in [0.1, 0.15) is 38.3 Å². The first-order chi connectivity index (χ1) is 9.56. The third kappa shape index (κ3) is 3.53. The van der Waals surface area contributed by atoms with Crippen molar-refractivity contribution in [3.05, 3.63) is 29.3 Å². The van der Waals surface area contributed by atoms with E-state index in [1.165, 1.54) is 11.1 Å². The summed E-state index contributed by atoms with van der Waals surface area (Å²) in [5, 5.41) is 3.55. The van der Waals surface area contributed by atoms with E-state index < -0.39 is 0 Å². The predicted octanol–water partition coefficient (Wildman–Crippen LogP) is 2.96. The monoisotopic (exact) mass is 277 g/mol. The Morgan fingerprint density at radius 2 is 2.20 bits per heavy atom. The highest BCUT2D eigenvalue weighted by Gasteiger charge is 2.28. The van der Waals surface area contributed by atoms with Crippen molar-refractivity contribution in [1.29, 1.82) is 0 Å². The highest BCUT2D eigenvalue weighted by atomic mass is 16.5. The van der Waals surface area contributed by atoms with Crippen molar-refractivity contribution in [3.8, 4) is 5.75 Å². The summed E-state index contributed by atoms with van der Waals surface area (Å²) in [6.07, 6.45) is 3.19. The lowest BCUT2D eigenvalue weighted by atomic mass is 9.92. The Balaban J connectivity index is 1.98. The summed E-state index contributed by atoms with van der Waals surface area (Å²) in [4.78, 5) is 0. The Morgan fingerprint density at radius 3 is 2.90 bits per heavy atom. The highest BCUT2D eigenvalue weighted by molar-refractivity contribution is 5.39. The maximum Gasteiger partial charge on any atom is 0.122 e. The van der Waals surface area contributed by atoms with Crippen molar-refractivity contribution in [2.45, 2.75) is 51.7 Å². The average molecular weight is 277 g/mol. The van der Waals surface area contributed by atoms with Crippen LogP contribution < -0.4 is 10.1 Å². The maximum atomic E-state index is 5.63. The van der Waals surface area contributed by atoms with E-state index in [1.807, 2.05) is 0 Å². The van der Waals surface area contributed by atoms with Gasteiger partial charge < -0.3 is 14.8 Å². The zero-order valence-electron chi connectivity index (χ0n) is 13.2. The lowest BCUT2D eigenvalue weighted by Gasteiger charge is -2.34. The van der Waals surface area contributed by atoms with Gasteiger partial charge in [0.1, 0.15) is 5.75 Å². The van der Waals surface area contributed by atoms with Gasteiger partial charge >= 0.3 is 0 Å². The molecular formula is C17H27NO2. The number of ether oxygens (including phenoxy) is 2. The number of likely N-dealkylation sites (N-methyl/N-ethyl adjacent to an activating group) is 1. The van der Waals surface area contributed by atoms with Gasteiger partial charge in [-0.05, 0) is 50.4 Å². The van der Waals surface area contributed by atoms with E-state index in [2.05, 4.69) is 44.3 Å². The van der Waals surface area contributed by atoms with Crippen molar-refractivity contribution in [2.75, 3.05) is 20.3 Å². The van der Waals surface area contributed by atoms with Gasteiger partial charge in [0.15, 0.2) is 0 Å². The molecule has 0 bridgehead atoms. The second kappa shape index (κ2) is 6.59. The molecule has 3 heteroatoms. The lowest BCUT2D eigenvalue weighted by molar-refractivity contribution is -0.0119. The summed E-state index contributed by atoms with van der Waals surface area (Å²) < 4.78 is 11.2. The van der Waals surface area contributed by atoms with E-state index in [-0.39, 0.29) is 5.60 Å². The fraction of sp³-hybridized carbons (Fsp3) is 0.647. The van der Waals surface area contributed by atoms with Crippen LogP contribution in [0.5, 0.6) is 5.75 Å². The second-order valence-corrected chi connectivity index (χ2v) is 6.00. The van der Waals surface area contributed by atoms with Gasteiger partial charge in [-0.3, -0.25) is 0 Å². The Labute approximate surface area is 122 Å². The van der Waals surface area contributed by atoms with E-state index in [0.717, 1.165) is 38.2 Å². The van der Waals surface area contributed by atoms with Gasteiger partial charge in [-0.15, -0.1) is 0 Å². The SMILES string of the molecule is CCNC(CCc1ccc2c(c1)CCO2)C(C)(C)OC. The standard InChI is InChI=1S/C17H27NO2/c1-5-18-16(17(2,3)19-4)9-7-13-6-8-15-14(12-13)10-11-20-15/h6,8,12,16,18H,5,7,9-11H2,1-4H3. The third-order valence-corrected chi connectivity index (χ3v) is 4.29. The van der Waals surface area contributed by atoms with Crippen molar-refractivity contribution >= 4 is 0 Å². The maximum absolute atomic E-state index is 5.63. The van der Waals surface area contributed by atoms with Gasteiger partial charge in [0, 0.05) is 19.6 Å². The summed E-state index contributed by atoms with van der Waals surface area (Å²) in [6.45, 7) is 8.24. The summed E-state index contributed by atoms with van der Waals surface area (Å²) in [5.74, 6) is 1.06. The normalized spacial score (nSPS) is 15.8. The van der Waals surface area contributed by atoms with Gasteiger partial charge in [-0.25, -0.2) is 0 Å². The van der Waals surface area contributed by atoms with E-state index in [4.69, 9.17) is 9.47 Å². The van der Waals surface area contributed by atoms with E-state index in [9.17, 15) is 0 Å². The fourth-order valence-corrected chi connectivity index (χ4v) is 2.79. The molecule has 0 saturated heterocycles. The zero-order valence-corrected chi connectivity index (χ0v) is 13.2. The van der Waals surface area contributed by atoms with E-state index >= 15 is 0 Å². The van der Waals surface area contributed by atoms with Crippen molar-refractivity contribution in [3.63, 3.8) is 0 Å². The molecule has 1 aromatic carbocycles. The number of hydrogen-bond donors (Lipinski definition) is 1. The molecule has 0 radical (unpaired) electrons. The van der Waals surface area contributed by atoms with Crippen molar-refractivity contribution < 1.29 is 9.47 Å². The van der Waals surface area contributed by atoms with Gasteiger partial charge in [-0.1, -0.05) is 19.1 Å². The first kappa shape index (κ1) is 15.3. The minimum atomic E-state index is -0.143. The van der Waals surface area contributed by atoms with Crippen LogP contribution in [0, 0.1) is 0 Å². The smallest absolute Gasteiger partial charge is 0.122 e. The highest BCUT2D eigenvalue weighted by Crippen LogP contribution is 2.27. The number of fused-ring (bicyclic) bond motifs is 1. The molecule has 1 unspecified atom stereocenters. The fourth-order valence-electron chi connectivity index (χ4n) is 2.79. The first-order valence-corrected chi connectivity index (χ1v) is 7.60. The Bertz CT molecular complexity index is 443. The predicted molar refractivity (Wildman–Crippen MR) is 82.5 cm³/mol. The Hall–Kier alpha value is -1.06. The molecule has 1 aliphatic heterocycles. The summed E-state index contributed by atoms with van der Waals surface area (Å²) in [6, 6.07) is 6.96. The largest absolute Gasteiger partial charge is 0.493 e. The van der Waals surface area contributed by atoms with Crippen LogP contribution in [0.15, 0.2) is 18.2 Å². The van der Waals surface area contributed by atoms with E-state index in [0.29, 0.717) is 6.04 Å². The quantitative estimate of drug-likeness (QED) is 0.831. The van der Waals surface area contributed by atoms with Crippen molar-refractivity contribution in [1.82, 2.24) is 5.32 Å². The number of aryl methyl sites for hydroxylation is 1. The molecule has 0 aromatic heterocycles. The lowest BCUT2D eigenvalue weighted by Crippen LogP contribution is -2.48. The Morgan fingerprint density at radius 1 is 1.40 bits per heavy atom. The van der Waals surface area contributed by atoms with Crippen LogP contribution in [0.25, 0.3) is 0 Å². The van der Waals surface area contributed by atoms with Gasteiger partial charge in [0.25, 0.3) is 0 Å². The second-order valence-electron chi connectivity index (χ2n) is 6.00. The minimum absolute atomic E-state index is 0.143. The molecule has 3 nitrogen and oxygen atoms in total. The number of hydrogen-bond acceptors (Lipinski definition) is 3. The molecule has 1 aliphatic rings. The zero-order chi connectivity index (χ0) is 14.6. The summed E-state index contributed by atoms with van der Waals surface area (Å²) in [5.41, 5.74) is 2.60. The van der Waals surface area contributed by atoms with Crippen molar-refractivity contribution in [2.24, 2.45) is 0 Å². The minimum Gasteiger partial charge on any atom is -0.493 e. The third-order valence-electron chi connectivity index (χ3n) is 4.29. The molecule has 0 aliphatic carbocycles. The molecule has 0 saturated carbocycles. The number of nitrogens with one attached hydrogen (secondary N) is 1. The summed E-state index contributed by atoms with van der Waals surface area (Å²) >= 11 is 0. The summed E-state index contributed by atoms with van der Waals surface area (Å²) in [7, 11) is 1.79. The molecule has 1 heterocycles. The first-order valence-electron chi connectivity index (χ1n) is 7.60. The molecule has 0 amide bonds. The molecule has 112 valence electrons. The number of benzene rings is 1. The topological polar surface area (TPSA) is 30.5 Å². The molecule has 0 fully saturated rings. The molecule has 2 rings (SSSR count). The molecule has 20 heavy (non-hydrogen) atoms. The number of rotatable bonds is 7. The van der Waals surface area contributed by atoms with Crippen LogP contribution in [-0.2, 0) is 17.6 Å². The number of methoxy groups -OCH3 is 1. The van der Waals surface area contributed by atoms with Gasteiger partial charge in [0.05, 0.1) is 12.2 Å². The van der Waals surface area contributed by atoms with Crippen LogP contribution in [0.3, 0.4) is 0 Å². The average Bonchev–Trinajstić information content (AvgIpc) is 2.90. The molecule has 1 N–H and O–H groups in total. The molecule has 1 atom stereocenters. The van der Waals surface area contributed by atoms with Crippen LogP contribution in [0.2, 0.25) is 0 Å². The van der Waals surface area contributed by atoms with Gasteiger partial charge in [0.2, 0.25) is 0 Å². The van der Waals surface area contributed by atoms with Crippen LogP contribution >= 0.6 is 0 Å². The Kier molecular flexibility index (Phi) is 5.06. The molecule has 1 aromatic rings.